The van der Waals surface area contributed by atoms with Crippen molar-refractivity contribution in [1.29, 1.82) is 0 Å². The average Bonchev–Trinajstić information content (AvgIpc) is 3.13. The van der Waals surface area contributed by atoms with Crippen molar-refractivity contribution >= 4 is 28.3 Å². The van der Waals surface area contributed by atoms with E-state index in [1.165, 1.54) is 11.3 Å². The summed E-state index contributed by atoms with van der Waals surface area (Å²) in [6, 6.07) is 7.10. The molecule has 0 spiro atoms. The number of aromatic nitrogens is 2. The molecule has 3 aromatic rings. The van der Waals surface area contributed by atoms with Crippen LogP contribution in [0.3, 0.4) is 0 Å². The van der Waals surface area contributed by atoms with Crippen LogP contribution in [0.15, 0.2) is 41.4 Å². The molecule has 0 saturated carbocycles. The largest absolute Gasteiger partial charge is 0.387 e. The number of carbonyl (C=O) groups is 1. The van der Waals surface area contributed by atoms with Crippen LogP contribution in [0.4, 0.5) is 0 Å². The van der Waals surface area contributed by atoms with Gasteiger partial charge in [-0.2, -0.15) is 11.3 Å². The highest BCUT2D eigenvalue weighted by molar-refractivity contribution is 7.07. The van der Waals surface area contributed by atoms with E-state index in [1.807, 2.05) is 16.8 Å². The van der Waals surface area contributed by atoms with E-state index in [4.69, 9.17) is 0 Å². The van der Waals surface area contributed by atoms with Crippen LogP contribution < -0.4 is 5.32 Å². The zero-order valence-corrected chi connectivity index (χ0v) is 11.4. The second-order valence-electron chi connectivity index (χ2n) is 4.42. The highest BCUT2D eigenvalue weighted by atomic mass is 32.1. The average molecular weight is 287 g/mol. The van der Waals surface area contributed by atoms with Crippen LogP contribution >= 0.6 is 11.3 Å². The molecular formula is C14H13N3O2S. The van der Waals surface area contributed by atoms with E-state index < -0.39 is 6.10 Å². The minimum Gasteiger partial charge on any atom is -0.387 e. The molecule has 0 aliphatic heterocycles. The van der Waals surface area contributed by atoms with Gasteiger partial charge in [0.1, 0.15) is 0 Å². The number of hydrogen-bond acceptors (Lipinski definition) is 4. The fourth-order valence-corrected chi connectivity index (χ4v) is 2.66. The molecule has 2 aromatic heterocycles. The van der Waals surface area contributed by atoms with Crippen molar-refractivity contribution in [2.45, 2.75) is 6.10 Å². The lowest BCUT2D eigenvalue weighted by atomic mass is 10.1. The Balaban J connectivity index is 1.66. The Morgan fingerprint density at radius 3 is 3.15 bits per heavy atom. The van der Waals surface area contributed by atoms with Gasteiger partial charge in [-0.1, -0.05) is 0 Å². The first-order valence-electron chi connectivity index (χ1n) is 6.15. The summed E-state index contributed by atoms with van der Waals surface area (Å²) >= 11 is 1.52. The van der Waals surface area contributed by atoms with Crippen LogP contribution in [-0.4, -0.2) is 27.5 Å². The molecule has 3 N–H and O–H groups in total. The Bertz CT molecular complexity index is 721. The topological polar surface area (TPSA) is 78.0 Å². The molecule has 1 aromatic carbocycles. The second-order valence-corrected chi connectivity index (χ2v) is 5.20. The summed E-state index contributed by atoms with van der Waals surface area (Å²) in [5.74, 6) is -0.212. The van der Waals surface area contributed by atoms with E-state index >= 15 is 0 Å². The van der Waals surface area contributed by atoms with Gasteiger partial charge < -0.3 is 15.4 Å². The molecule has 0 bridgehead atoms. The van der Waals surface area contributed by atoms with Gasteiger partial charge in [-0.25, -0.2) is 4.98 Å². The third-order valence-corrected chi connectivity index (χ3v) is 3.77. The zero-order valence-electron chi connectivity index (χ0n) is 10.5. The number of aliphatic hydroxyl groups excluding tert-OH is 1. The van der Waals surface area contributed by atoms with Crippen LogP contribution in [-0.2, 0) is 0 Å². The van der Waals surface area contributed by atoms with Gasteiger partial charge in [0.2, 0.25) is 0 Å². The molecule has 1 atom stereocenters. The van der Waals surface area contributed by atoms with Gasteiger partial charge in [0.15, 0.2) is 0 Å². The molecule has 20 heavy (non-hydrogen) atoms. The highest BCUT2D eigenvalue weighted by Gasteiger charge is 2.11. The number of rotatable bonds is 4. The number of nitrogens with zero attached hydrogens (tertiary/aromatic N) is 1. The third-order valence-electron chi connectivity index (χ3n) is 3.07. The summed E-state index contributed by atoms with van der Waals surface area (Å²) in [6.07, 6.45) is 0.910. The molecular weight excluding hydrogens is 274 g/mol. The normalized spacial score (nSPS) is 12.4. The third kappa shape index (κ3) is 2.56. The number of aliphatic hydroxyl groups is 1. The van der Waals surface area contributed by atoms with E-state index in [9.17, 15) is 9.90 Å². The van der Waals surface area contributed by atoms with Crippen molar-refractivity contribution in [3.63, 3.8) is 0 Å². The first kappa shape index (κ1) is 12.8. The van der Waals surface area contributed by atoms with Crippen LogP contribution in [0.2, 0.25) is 0 Å². The summed E-state index contributed by atoms with van der Waals surface area (Å²) in [7, 11) is 0. The summed E-state index contributed by atoms with van der Waals surface area (Å²) < 4.78 is 0. The molecule has 2 heterocycles. The maximum atomic E-state index is 12.0. The molecule has 0 saturated heterocycles. The Kier molecular flexibility index (Phi) is 3.49. The van der Waals surface area contributed by atoms with Gasteiger partial charge in [0.05, 0.1) is 23.5 Å². The number of H-pyrrole nitrogens is 1. The fraction of sp³-hybridized carbons (Fsp3) is 0.143. The molecule has 0 fully saturated rings. The lowest BCUT2D eigenvalue weighted by Crippen LogP contribution is -2.28. The molecule has 5 nitrogen and oxygen atoms in total. The lowest BCUT2D eigenvalue weighted by Gasteiger charge is -2.10. The number of thiophene rings is 1. The van der Waals surface area contributed by atoms with Gasteiger partial charge in [-0.05, 0) is 40.6 Å². The van der Waals surface area contributed by atoms with Crippen LogP contribution in [0.1, 0.15) is 22.0 Å². The number of amides is 1. The number of aromatic amines is 1. The molecule has 6 heteroatoms. The van der Waals surface area contributed by atoms with Crippen molar-refractivity contribution < 1.29 is 9.90 Å². The SMILES string of the molecule is O=C(NCC(O)c1ccsc1)c1ccc2nc[nH]c2c1. The van der Waals surface area contributed by atoms with Crippen LogP contribution in [0, 0.1) is 0 Å². The van der Waals surface area contributed by atoms with Gasteiger partial charge in [0.25, 0.3) is 5.91 Å². The minimum atomic E-state index is -0.680. The quantitative estimate of drug-likeness (QED) is 0.687. The number of carbonyl (C=O) groups excluding carboxylic acids is 1. The minimum absolute atomic E-state index is 0.191. The standard InChI is InChI=1S/C14H13N3O2S/c18-13(10-3-4-20-7-10)6-15-14(19)9-1-2-11-12(5-9)17-8-16-11/h1-5,7-8,13,18H,6H2,(H,15,19)(H,16,17). The van der Waals surface area contributed by atoms with E-state index in [2.05, 4.69) is 15.3 Å². The van der Waals surface area contributed by atoms with Crippen LogP contribution in [0.25, 0.3) is 11.0 Å². The number of imidazole rings is 1. The number of fused-ring (bicyclic) bond motifs is 1. The predicted octanol–water partition coefficient (Wildman–Crippen LogP) is 2.09. The Labute approximate surface area is 119 Å². The molecule has 1 unspecified atom stereocenters. The molecule has 1 amide bonds. The van der Waals surface area contributed by atoms with Crippen molar-refractivity contribution in [1.82, 2.24) is 15.3 Å². The van der Waals surface area contributed by atoms with Crippen LogP contribution in [0.5, 0.6) is 0 Å². The molecule has 0 radical (unpaired) electrons. The van der Waals surface area contributed by atoms with E-state index in [0.717, 1.165) is 16.6 Å². The second kappa shape index (κ2) is 5.44. The van der Waals surface area contributed by atoms with Crippen molar-refractivity contribution in [2.75, 3.05) is 6.54 Å². The summed E-state index contributed by atoms with van der Waals surface area (Å²) in [4.78, 5) is 19.1. The molecule has 0 aliphatic carbocycles. The van der Waals surface area contributed by atoms with Crippen molar-refractivity contribution in [3.8, 4) is 0 Å². The molecule has 102 valence electrons. The highest BCUT2D eigenvalue weighted by Crippen LogP contribution is 2.16. The predicted molar refractivity (Wildman–Crippen MR) is 77.7 cm³/mol. The first-order chi connectivity index (χ1) is 9.74. The van der Waals surface area contributed by atoms with Gasteiger partial charge in [0, 0.05) is 12.1 Å². The maximum Gasteiger partial charge on any atom is 0.251 e. The summed E-state index contributed by atoms with van der Waals surface area (Å²) in [5, 5.41) is 16.4. The first-order valence-corrected chi connectivity index (χ1v) is 7.10. The molecule has 0 aliphatic rings. The summed E-state index contributed by atoms with van der Waals surface area (Å²) in [5.41, 5.74) is 2.99. The Hall–Kier alpha value is -2.18. The van der Waals surface area contributed by atoms with E-state index in [0.29, 0.717) is 5.56 Å². The maximum absolute atomic E-state index is 12.0. The summed E-state index contributed by atoms with van der Waals surface area (Å²) in [6.45, 7) is 0.191. The van der Waals surface area contributed by atoms with E-state index in [1.54, 1.807) is 24.5 Å². The zero-order chi connectivity index (χ0) is 13.9. The smallest absolute Gasteiger partial charge is 0.251 e. The fourth-order valence-electron chi connectivity index (χ4n) is 1.95. The lowest BCUT2D eigenvalue weighted by molar-refractivity contribution is 0.0916. The van der Waals surface area contributed by atoms with Crippen molar-refractivity contribution in [2.24, 2.45) is 0 Å². The molecule has 3 rings (SSSR count). The Morgan fingerprint density at radius 2 is 2.35 bits per heavy atom. The number of nitrogens with one attached hydrogen (secondary N) is 2. The number of hydrogen-bond donors (Lipinski definition) is 3. The van der Waals surface area contributed by atoms with Gasteiger partial charge in [-0.15, -0.1) is 0 Å². The van der Waals surface area contributed by atoms with Crippen molar-refractivity contribution in [3.05, 3.63) is 52.5 Å². The number of benzene rings is 1. The van der Waals surface area contributed by atoms with E-state index in [-0.39, 0.29) is 12.5 Å². The van der Waals surface area contributed by atoms with Gasteiger partial charge >= 0.3 is 0 Å². The Morgan fingerprint density at radius 1 is 1.45 bits per heavy atom. The van der Waals surface area contributed by atoms with Gasteiger partial charge in [-0.3, -0.25) is 4.79 Å². The monoisotopic (exact) mass is 287 g/mol.